The van der Waals surface area contributed by atoms with Crippen LogP contribution >= 0.6 is 0 Å². The zero-order valence-corrected chi connectivity index (χ0v) is 15.5. The summed E-state index contributed by atoms with van der Waals surface area (Å²) in [5.74, 6) is -0.129. The minimum Gasteiger partial charge on any atom is -0.355 e. The van der Waals surface area contributed by atoms with E-state index in [1.54, 1.807) is 23.1 Å². The van der Waals surface area contributed by atoms with E-state index in [0.717, 1.165) is 24.2 Å². The molecule has 1 saturated heterocycles. The summed E-state index contributed by atoms with van der Waals surface area (Å²) in [5, 5.41) is 13.8. The lowest BCUT2D eigenvalue weighted by Gasteiger charge is -2.26. The van der Waals surface area contributed by atoms with Crippen molar-refractivity contribution in [3.8, 4) is 0 Å². The zero-order valence-electron chi connectivity index (χ0n) is 15.5. The summed E-state index contributed by atoms with van der Waals surface area (Å²) >= 11 is 0. The molecule has 8 nitrogen and oxygen atoms in total. The first kappa shape index (κ1) is 18.2. The molecule has 2 amide bonds. The van der Waals surface area contributed by atoms with Crippen molar-refractivity contribution in [1.29, 1.82) is 0 Å². The summed E-state index contributed by atoms with van der Waals surface area (Å²) in [6, 6.07) is 1.79. The molecule has 2 atom stereocenters. The number of amides is 2. The van der Waals surface area contributed by atoms with Crippen molar-refractivity contribution in [1.82, 2.24) is 30.2 Å². The highest BCUT2D eigenvalue weighted by molar-refractivity contribution is 5.83. The number of rotatable bonds is 6. The Morgan fingerprint density at radius 1 is 1.46 bits per heavy atom. The second-order valence-electron chi connectivity index (χ2n) is 7.52. The van der Waals surface area contributed by atoms with E-state index in [1.807, 2.05) is 25.1 Å². The number of nitrogens with one attached hydrogen (secondary N) is 2. The van der Waals surface area contributed by atoms with Crippen LogP contribution in [0.15, 0.2) is 24.7 Å². The second-order valence-corrected chi connectivity index (χ2v) is 7.52. The van der Waals surface area contributed by atoms with E-state index in [4.69, 9.17) is 0 Å². The van der Waals surface area contributed by atoms with E-state index in [-0.39, 0.29) is 29.6 Å². The molecule has 0 radical (unpaired) electrons. The summed E-state index contributed by atoms with van der Waals surface area (Å²) in [6.07, 6.45) is 6.43. The molecule has 26 heavy (non-hydrogen) atoms. The fraction of sp³-hybridized carbons (Fsp3) is 0.556. The predicted octanol–water partition coefficient (Wildman–Crippen LogP) is 0.844. The summed E-state index contributed by atoms with van der Waals surface area (Å²) in [7, 11) is 1.85. The average molecular weight is 358 g/mol. The van der Waals surface area contributed by atoms with Gasteiger partial charge in [-0.3, -0.25) is 19.4 Å². The molecule has 3 heterocycles. The summed E-state index contributed by atoms with van der Waals surface area (Å²) in [5.41, 5.74) is 1.62. The molecule has 2 aromatic heterocycles. The van der Waals surface area contributed by atoms with Gasteiger partial charge in [0.25, 0.3) is 0 Å². The van der Waals surface area contributed by atoms with Gasteiger partial charge in [0.1, 0.15) is 0 Å². The first-order valence-corrected chi connectivity index (χ1v) is 8.89. The highest BCUT2D eigenvalue weighted by Crippen LogP contribution is 2.31. The smallest absolute Gasteiger partial charge is 0.229 e. The Kier molecular flexibility index (Phi) is 5.11. The SMILES string of the molecule is CC(C(=O)N1CCC(C)(CNC(=O)Cc2ccn[nH]2)C1)c1cnn(C)c1. The number of aromatic amines is 1. The van der Waals surface area contributed by atoms with Gasteiger partial charge in [0.15, 0.2) is 0 Å². The molecule has 1 fully saturated rings. The molecule has 3 rings (SSSR count). The Bertz CT molecular complexity index is 769. The largest absolute Gasteiger partial charge is 0.355 e. The summed E-state index contributed by atoms with van der Waals surface area (Å²) in [4.78, 5) is 26.8. The van der Waals surface area contributed by atoms with E-state index in [9.17, 15) is 9.59 Å². The lowest BCUT2D eigenvalue weighted by molar-refractivity contribution is -0.131. The Morgan fingerprint density at radius 3 is 2.92 bits per heavy atom. The van der Waals surface area contributed by atoms with Gasteiger partial charge in [0.05, 0.1) is 18.5 Å². The number of nitrogens with zero attached hydrogens (tertiary/aromatic N) is 4. The van der Waals surface area contributed by atoms with Crippen molar-refractivity contribution in [2.45, 2.75) is 32.6 Å². The number of hydrogen-bond donors (Lipinski definition) is 2. The van der Waals surface area contributed by atoms with Crippen LogP contribution in [0.2, 0.25) is 0 Å². The monoisotopic (exact) mass is 358 g/mol. The summed E-state index contributed by atoms with van der Waals surface area (Å²) < 4.78 is 1.71. The van der Waals surface area contributed by atoms with Gasteiger partial charge in [0, 0.05) is 55.7 Å². The molecule has 1 aliphatic heterocycles. The van der Waals surface area contributed by atoms with Gasteiger partial charge in [-0.25, -0.2) is 0 Å². The van der Waals surface area contributed by atoms with E-state index < -0.39 is 0 Å². The highest BCUT2D eigenvalue weighted by atomic mass is 16.2. The van der Waals surface area contributed by atoms with Crippen LogP contribution in [-0.4, -0.2) is 56.3 Å². The lowest BCUT2D eigenvalue weighted by Crippen LogP contribution is -2.40. The molecule has 0 aliphatic carbocycles. The molecular weight excluding hydrogens is 332 g/mol. The second kappa shape index (κ2) is 7.31. The number of hydrogen-bond acceptors (Lipinski definition) is 4. The topological polar surface area (TPSA) is 95.9 Å². The van der Waals surface area contributed by atoms with Gasteiger partial charge < -0.3 is 10.2 Å². The van der Waals surface area contributed by atoms with E-state index in [2.05, 4.69) is 27.5 Å². The quantitative estimate of drug-likeness (QED) is 0.800. The van der Waals surface area contributed by atoms with Gasteiger partial charge >= 0.3 is 0 Å². The van der Waals surface area contributed by atoms with Crippen LogP contribution in [-0.2, 0) is 23.1 Å². The van der Waals surface area contributed by atoms with Crippen molar-refractivity contribution >= 4 is 11.8 Å². The average Bonchev–Trinajstić information content (AvgIpc) is 3.34. The van der Waals surface area contributed by atoms with E-state index in [1.165, 1.54) is 0 Å². The minimum atomic E-state index is -0.207. The van der Waals surface area contributed by atoms with Crippen LogP contribution in [0, 0.1) is 5.41 Å². The number of carbonyl (C=O) groups is 2. The van der Waals surface area contributed by atoms with Crippen LogP contribution in [0.1, 0.15) is 37.4 Å². The molecule has 2 unspecified atom stereocenters. The first-order valence-electron chi connectivity index (χ1n) is 8.89. The maximum absolute atomic E-state index is 12.8. The van der Waals surface area contributed by atoms with Crippen LogP contribution in [0.25, 0.3) is 0 Å². The lowest BCUT2D eigenvalue weighted by atomic mass is 9.89. The van der Waals surface area contributed by atoms with Crippen LogP contribution in [0.4, 0.5) is 0 Å². The Labute approximate surface area is 152 Å². The van der Waals surface area contributed by atoms with Gasteiger partial charge in [-0.1, -0.05) is 6.92 Å². The van der Waals surface area contributed by atoms with Crippen LogP contribution in [0.5, 0.6) is 0 Å². The standard InChI is InChI=1S/C18H26N6O2/c1-13(14-9-21-23(3)10-14)17(26)24-7-5-18(2,12-24)11-19-16(25)8-15-4-6-20-22-15/h4,6,9-10,13H,5,7-8,11-12H2,1-3H3,(H,19,25)(H,20,22). The third kappa shape index (κ3) is 4.12. The molecule has 2 aromatic rings. The molecular formula is C18H26N6O2. The fourth-order valence-electron chi connectivity index (χ4n) is 3.37. The molecule has 8 heteroatoms. The number of H-pyrrole nitrogens is 1. The maximum atomic E-state index is 12.8. The van der Waals surface area contributed by atoms with Crippen molar-refractivity contribution in [2.24, 2.45) is 12.5 Å². The molecule has 0 spiro atoms. The molecule has 0 bridgehead atoms. The third-order valence-corrected chi connectivity index (χ3v) is 5.09. The number of carbonyl (C=O) groups excluding carboxylic acids is 2. The normalized spacial score (nSPS) is 21.0. The van der Waals surface area contributed by atoms with E-state index >= 15 is 0 Å². The molecule has 1 aliphatic rings. The number of aryl methyl sites for hydroxylation is 1. The number of aromatic nitrogens is 4. The number of likely N-dealkylation sites (tertiary alicyclic amines) is 1. The van der Waals surface area contributed by atoms with Gasteiger partial charge in [-0.2, -0.15) is 10.2 Å². The molecule has 0 saturated carbocycles. The Morgan fingerprint density at radius 2 is 2.27 bits per heavy atom. The van der Waals surface area contributed by atoms with E-state index in [0.29, 0.717) is 13.1 Å². The van der Waals surface area contributed by atoms with Crippen molar-refractivity contribution in [2.75, 3.05) is 19.6 Å². The molecule has 0 aromatic carbocycles. The minimum absolute atomic E-state index is 0.0380. The van der Waals surface area contributed by atoms with Gasteiger partial charge in [0.2, 0.25) is 11.8 Å². The first-order chi connectivity index (χ1) is 12.4. The maximum Gasteiger partial charge on any atom is 0.229 e. The Balaban J connectivity index is 1.51. The molecule has 140 valence electrons. The van der Waals surface area contributed by atoms with Crippen LogP contribution in [0.3, 0.4) is 0 Å². The van der Waals surface area contributed by atoms with Gasteiger partial charge in [-0.15, -0.1) is 0 Å². The highest BCUT2D eigenvalue weighted by Gasteiger charge is 2.37. The summed E-state index contributed by atoms with van der Waals surface area (Å²) in [6.45, 7) is 5.97. The third-order valence-electron chi connectivity index (χ3n) is 5.09. The zero-order chi connectivity index (χ0) is 18.7. The predicted molar refractivity (Wildman–Crippen MR) is 96.2 cm³/mol. The molecule has 2 N–H and O–H groups in total. The van der Waals surface area contributed by atoms with Crippen LogP contribution < -0.4 is 5.32 Å². The Hall–Kier alpha value is -2.64. The fourth-order valence-corrected chi connectivity index (χ4v) is 3.37. The van der Waals surface area contributed by atoms with Crippen molar-refractivity contribution in [3.63, 3.8) is 0 Å². The van der Waals surface area contributed by atoms with Gasteiger partial charge in [-0.05, 0) is 19.4 Å². The van der Waals surface area contributed by atoms with Crippen molar-refractivity contribution in [3.05, 3.63) is 35.9 Å². The van der Waals surface area contributed by atoms with Crippen molar-refractivity contribution < 1.29 is 9.59 Å².